The minimum Gasteiger partial charge on any atom is -0.489 e. The lowest BCUT2D eigenvalue weighted by Crippen LogP contribution is -2.38. The maximum atomic E-state index is 13.3. The summed E-state index contributed by atoms with van der Waals surface area (Å²) < 4.78 is 7.77. The number of halogens is 2. The van der Waals surface area contributed by atoms with Gasteiger partial charge in [-0.3, -0.25) is 4.79 Å². The van der Waals surface area contributed by atoms with Crippen molar-refractivity contribution in [1.82, 2.24) is 9.47 Å². The summed E-state index contributed by atoms with van der Waals surface area (Å²) in [6.07, 6.45) is 3.71. The van der Waals surface area contributed by atoms with Crippen LogP contribution in [0.2, 0.25) is 10.0 Å². The summed E-state index contributed by atoms with van der Waals surface area (Å²) in [6.45, 7) is 7.24. The zero-order valence-electron chi connectivity index (χ0n) is 22.7. The van der Waals surface area contributed by atoms with Gasteiger partial charge >= 0.3 is 0 Å². The molecule has 1 aromatic heterocycles. The number of hydrogen-bond donors (Lipinski definition) is 0. The minimum absolute atomic E-state index is 0.0230. The summed E-state index contributed by atoms with van der Waals surface area (Å²) in [7, 11) is 0. The molecule has 1 amide bonds. The van der Waals surface area contributed by atoms with Gasteiger partial charge in [0.1, 0.15) is 0 Å². The van der Waals surface area contributed by atoms with Crippen LogP contribution in [0.25, 0.3) is 21.8 Å². The van der Waals surface area contributed by atoms with E-state index in [1.165, 1.54) is 0 Å². The van der Waals surface area contributed by atoms with Crippen molar-refractivity contribution in [2.45, 2.75) is 45.7 Å². The lowest BCUT2D eigenvalue weighted by atomic mass is 9.82. The number of fused-ring (bicyclic) bond motifs is 3. The maximum Gasteiger partial charge on any atom is 0.260 e. The van der Waals surface area contributed by atoms with Crippen molar-refractivity contribution in [1.29, 1.82) is 5.26 Å². The van der Waals surface area contributed by atoms with E-state index in [1.807, 2.05) is 29.2 Å². The van der Waals surface area contributed by atoms with Crippen LogP contribution in [0.3, 0.4) is 0 Å². The highest BCUT2D eigenvalue weighted by molar-refractivity contribution is 6.33. The van der Waals surface area contributed by atoms with E-state index >= 15 is 0 Å². The minimum atomic E-state index is -0.0523. The van der Waals surface area contributed by atoms with Crippen molar-refractivity contribution in [3.63, 3.8) is 0 Å². The molecule has 0 radical (unpaired) electrons. The van der Waals surface area contributed by atoms with Crippen LogP contribution in [-0.4, -0.2) is 28.5 Å². The van der Waals surface area contributed by atoms with Gasteiger partial charge in [-0.25, -0.2) is 0 Å². The van der Waals surface area contributed by atoms with E-state index in [2.05, 4.69) is 47.5 Å². The molecule has 206 valence electrons. The number of para-hydroxylation sites is 1. The molecule has 4 aromatic rings. The third kappa shape index (κ3) is 6.30. The van der Waals surface area contributed by atoms with Crippen molar-refractivity contribution in [3.05, 3.63) is 94.2 Å². The zero-order valence-corrected chi connectivity index (χ0v) is 24.2. The number of carbonyl (C=O) groups is 1. The number of amides is 1. The van der Waals surface area contributed by atoms with Gasteiger partial charge in [0.05, 0.1) is 11.8 Å². The Kier molecular flexibility index (Phi) is 8.69. The molecule has 1 fully saturated rings. The van der Waals surface area contributed by atoms with Crippen LogP contribution in [0, 0.1) is 23.2 Å². The van der Waals surface area contributed by atoms with Gasteiger partial charge in [-0.15, -0.1) is 0 Å². The maximum absolute atomic E-state index is 13.3. The highest BCUT2D eigenvalue weighted by Crippen LogP contribution is 2.33. The average molecular weight is 575 g/mol. The van der Waals surface area contributed by atoms with E-state index in [0.29, 0.717) is 41.4 Å². The second-order valence-electron chi connectivity index (χ2n) is 10.8. The summed E-state index contributed by atoms with van der Waals surface area (Å²) in [5.74, 6) is 0.987. The van der Waals surface area contributed by atoms with E-state index in [9.17, 15) is 10.1 Å². The Balaban J connectivity index is 1.45. The van der Waals surface area contributed by atoms with Crippen LogP contribution in [0.15, 0.2) is 73.0 Å². The number of hydrogen-bond acceptors (Lipinski definition) is 3. The van der Waals surface area contributed by atoms with Crippen molar-refractivity contribution in [2.24, 2.45) is 11.8 Å². The molecule has 7 heteroatoms. The van der Waals surface area contributed by atoms with Gasteiger partial charge in [0, 0.05) is 57.4 Å². The third-order valence-corrected chi connectivity index (χ3v) is 8.45. The molecule has 0 saturated heterocycles. The van der Waals surface area contributed by atoms with Gasteiger partial charge in [0.15, 0.2) is 6.61 Å². The third-order valence-electron chi connectivity index (χ3n) is 7.85. The van der Waals surface area contributed by atoms with Crippen molar-refractivity contribution < 1.29 is 9.53 Å². The topological polar surface area (TPSA) is 58.3 Å². The molecule has 0 N–H and O–H groups in total. The summed E-state index contributed by atoms with van der Waals surface area (Å²) in [5, 5.41) is 12.9. The van der Waals surface area contributed by atoms with Crippen LogP contribution in [0.5, 0.6) is 0 Å². The first-order valence-corrected chi connectivity index (χ1v) is 14.5. The monoisotopic (exact) mass is 573 g/mol. The number of carbonyl (C=O) groups excluding carboxylic acids is 1. The smallest absolute Gasteiger partial charge is 0.260 e. The average Bonchev–Trinajstić information content (AvgIpc) is 3.26. The number of nitrogens with zero attached hydrogens (tertiary/aromatic N) is 3. The Labute approximate surface area is 245 Å². The molecular formula is C33H33Cl2N3O2. The highest BCUT2D eigenvalue weighted by Gasteiger charge is 2.25. The normalized spacial score (nSPS) is 17.1. The molecule has 0 spiro atoms. The molecule has 0 aliphatic heterocycles. The number of benzene rings is 3. The molecule has 1 heterocycles. The SMILES string of the molecule is C=C(C)OCC(=O)N(Cc1ccc2c(c1)c1ccccc1n2Cc1cc(Cl)ccc1Cl)CC1CCC(C#N)CC1. The van der Waals surface area contributed by atoms with Crippen molar-refractivity contribution in [2.75, 3.05) is 13.2 Å². The predicted molar refractivity (Wildman–Crippen MR) is 162 cm³/mol. The van der Waals surface area contributed by atoms with Crippen LogP contribution in [0.1, 0.15) is 43.7 Å². The van der Waals surface area contributed by atoms with Gasteiger partial charge in [-0.05, 0) is 86.1 Å². The molecule has 1 aliphatic rings. The van der Waals surface area contributed by atoms with Crippen molar-refractivity contribution in [3.8, 4) is 6.07 Å². The predicted octanol–water partition coefficient (Wildman–Crippen LogP) is 8.36. The summed E-state index contributed by atoms with van der Waals surface area (Å²) in [4.78, 5) is 15.2. The molecule has 0 bridgehead atoms. The second kappa shape index (κ2) is 12.4. The fourth-order valence-corrected chi connectivity index (χ4v) is 6.11. The number of nitriles is 1. The molecule has 5 rings (SSSR count). The summed E-state index contributed by atoms with van der Waals surface area (Å²) in [6, 6.07) is 22.7. The van der Waals surface area contributed by atoms with E-state index in [4.69, 9.17) is 27.9 Å². The zero-order chi connectivity index (χ0) is 28.2. The first-order valence-electron chi connectivity index (χ1n) is 13.7. The lowest BCUT2D eigenvalue weighted by molar-refractivity contribution is -0.136. The number of allylic oxidation sites excluding steroid dienone is 1. The van der Waals surface area contributed by atoms with Gasteiger partial charge in [0.25, 0.3) is 5.91 Å². The van der Waals surface area contributed by atoms with Gasteiger partial charge in [-0.1, -0.05) is 54.0 Å². The lowest BCUT2D eigenvalue weighted by Gasteiger charge is -2.31. The first kappa shape index (κ1) is 28.1. The van der Waals surface area contributed by atoms with Crippen LogP contribution >= 0.6 is 23.2 Å². The molecule has 1 aliphatic carbocycles. The van der Waals surface area contributed by atoms with Crippen LogP contribution < -0.4 is 0 Å². The Bertz CT molecular complexity index is 1590. The van der Waals surface area contributed by atoms with Gasteiger partial charge in [0.2, 0.25) is 0 Å². The number of rotatable bonds is 9. The first-order chi connectivity index (χ1) is 19.3. The van der Waals surface area contributed by atoms with E-state index in [0.717, 1.165) is 58.6 Å². The fourth-order valence-electron chi connectivity index (χ4n) is 5.74. The Morgan fingerprint density at radius 3 is 2.55 bits per heavy atom. The Morgan fingerprint density at radius 2 is 1.80 bits per heavy atom. The molecule has 1 saturated carbocycles. The quantitative estimate of drug-likeness (QED) is 0.189. The molecular weight excluding hydrogens is 541 g/mol. The van der Waals surface area contributed by atoms with E-state index in [-0.39, 0.29) is 18.4 Å². The number of aromatic nitrogens is 1. The van der Waals surface area contributed by atoms with Crippen LogP contribution in [0.4, 0.5) is 0 Å². The second-order valence-corrected chi connectivity index (χ2v) is 11.6. The largest absolute Gasteiger partial charge is 0.489 e. The standard InChI is InChI=1S/C33H33Cl2N3O2/c1-22(2)40-21-33(39)37(18-24-9-7-23(17-36)8-10-24)19-25-11-14-32-29(15-25)28-5-3-4-6-31(28)38(32)20-26-16-27(34)12-13-30(26)35/h3-6,11-16,23-24H,1,7-10,18-21H2,2H3. The summed E-state index contributed by atoms with van der Waals surface area (Å²) >= 11 is 12.8. The fraction of sp³-hybridized carbons (Fsp3) is 0.333. The number of ether oxygens (including phenoxy) is 1. The van der Waals surface area contributed by atoms with Gasteiger partial charge < -0.3 is 14.2 Å². The van der Waals surface area contributed by atoms with E-state index in [1.54, 1.807) is 13.0 Å². The van der Waals surface area contributed by atoms with Gasteiger partial charge in [-0.2, -0.15) is 5.26 Å². The van der Waals surface area contributed by atoms with E-state index < -0.39 is 0 Å². The van der Waals surface area contributed by atoms with Crippen LogP contribution in [-0.2, 0) is 22.6 Å². The molecule has 0 unspecified atom stereocenters. The highest BCUT2D eigenvalue weighted by atomic mass is 35.5. The molecule has 0 atom stereocenters. The molecule has 5 nitrogen and oxygen atoms in total. The summed E-state index contributed by atoms with van der Waals surface area (Å²) in [5.41, 5.74) is 4.23. The Hall–Kier alpha value is -3.46. The van der Waals surface area contributed by atoms with Crippen molar-refractivity contribution >= 4 is 50.9 Å². The molecule has 3 aromatic carbocycles. The molecule has 40 heavy (non-hydrogen) atoms. The Morgan fingerprint density at radius 1 is 1.05 bits per heavy atom.